The van der Waals surface area contributed by atoms with Gasteiger partial charge in [-0.15, -0.1) is 18.3 Å². The number of ether oxygens (including phenoxy) is 4. The highest BCUT2D eigenvalue weighted by Crippen LogP contribution is 2.33. The summed E-state index contributed by atoms with van der Waals surface area (Å²) in [4.78, 5) is 1.26. The number of rotatable bonds is 6. The molecule has 0 aliphatic carbocycles. The molecule has 0 spiro atoms. The van der Waals surface area contributed by atoms with Gasteiger partial charge in [-0.3, -0.25) is 0 Å². The Bertz CT molecular complexity index is 533. The summed E-state index contributed by atoms with van der Waals surface area (Å²) < 4.78 is 23.3. The molecule has 2 saturated heterocycles. The number of benzene rings is 1. The topological polar surface area (TPSA) is 36.9 Å². The smallest absolute Gasteiger partial charge is 0.163 e. The molecule has 4 atom stereocenters. The molecule has 24 heavy (non-hydrogen) atoms. The van der Waals surface area contributed by atoms with Crippen molar-refractivity contribution in [1.82, 2.24) is 0 Å². The van der Waals surface area contributed by atoms with Crippen LogP contribution in [0.4, 0.5) is 0 Å². The zero-order valence-electron chi connectivity index (χ0n) is 14.4. The van der Waals surface area contributed by atoms with E-state index in [1.807, 2.05) is 37.8 Å². The molecule has 0 amide bonds. The Morgan fingerprint density at radius 2 is 2.04 bits per heavy atom. The van der Waals surface area contributed by atoms with Gasteiger partial charge in [0.25, 0.3) is 0 Å². The van der Waals surface area contributed by atoms with Crippen LogP contribution in [0.1, 0.15) is 20.3 Å². The Morgan fingerprint density at radius 1 is 1.25 bits per heavy atom. The summed E-state index contributed by atoms with van der Waals surface area (Å²) in [6.07, 6.45) is 3.00. The Morgan fingerprint density at radius 3 is 2.71 bits per heavy atom. The molecule has 0 saturated carbocycles. The van der Waals surface area contributed by atoms with Crippen LogP contribution in [-0.4, -0.2) is 43.3 Å². The van der Waals surface area contributed by atoms with Crippen LogP contribution >= 0.6 is 11.8 Å². The monoisotopic (exact) mass is 350 g/mol. The first-order chi connectivity index (χ1) is 11.6. The average Bonchev–Trinajstić information content (AvgIpc) is 2.95. The van der Waals surface area contributed by atoms with Gasteiger partial charge in [0.15, 0.2) is 5.79 Å². The molecule has 0 N–H and O–H groups in total. The van der Waals surface area contributed by atoms with Crippen molar-refractivity contribution in [1.29, 1.82) is 0 Å². The number of thioether (sulfide) groups is 1. The lowest BCUT2D eigenvalue weighted by Gasteiger charge is -2.35. The number of hydrogen-bond donors (Lipinski definition) is 0. The van der Waals surface area contributed by atoms with Crippen LogP contribution in [-0.2, 0) is 18.9 Å². The molecule has 2 aliphatic heterocycles. The molecule has 3 rings (SSSR count). The molecule has 0 radical (unpaired) electrons. The van der Waals surface area contributed by atoms with Crippen LogP contribution in [0.5, 0.6) is 0 Å². The quantitative estimate of drug-likeness (QED) is 0.575. The van der Waals surface area contributed by atoms with Crippen LogP contribution in [0.15, 0.2) is 47.9 Å². The molecule has 1 aromatic rings. The minimum absolute atomic E-state index is 0.0111. The van der Waals surface area contributed by atoms with Gasteiger partial charge in [-0.2, -0.15) is 0 Å². The zero-order chi connectivity index (χ0) is 17.0. The van der Waals surface area contributed by atoms with Crippen molar-refractivity contribution in [2.45, 2.75) is 49.3 Å². The molecule has 2 heterocycles. The third kappa shape index (κ3) is 4.61. The van der Waals surface area contributed by atoms with Crippen molar-refractivity contribution in [2.24, 2.45) is 5.92 Å². The first-order valence-corrected chi connectivity index (χ1v) is 9.41. The van der Waals surface area contributed by atoms with Crippen molar-refractivity contribution in [3.05, 3.63) is 43.0 Å². The second kappa shape index (κ2) is 8.02. The molecule has 1 unspecified atom stereocenters. The molecule has 2 aliphatic rings. The Kier molecular flexibility index (Phi) is 6.00. The fourth-order valence-electron chi connectivity index (χ4n) is 3.16. The fourth-order valence-corrected chi connectivity index (χ4v) is 4.12. The van der Waals surface area contributed by atoms with Gasteiger partial charge >= 0.3 is 0 Å². The van der Waals surface area contributed by atoms with E-state index in [1.54, 1.807) is 0 Å². The third-order valence-corrected chi connectivity index (χ3v) is 5.57. The van der Waals surface area contributed by atoms with Crippen LogP contribution < -0.4 is 0 Å². The predicted octanol–water partition coefficient (Wildman–Crippen LogP) is 3.86. The third-order valence-electron chi connectivity index (χ3n) is 4.42. The molecular weight excluding hydrogens is 324 g/mol. The van der Waals surface area contributed by atoms with Crippen LogP contribution in [0.25, 0.3) is 0 Å². The SMILES string of the molecule is C=C[C@@H]([C@@H]1CC(CSc2ccccc2)OCO1)[C@@H]1COC(C)(C)O1. The second-order valence-electron chi connectivity index (χ2n) is 6.65. The van der Waals surface area contributed by atoms with Gasteiger partial charge in [0.1, 0.15) is 6.79 Å². The molecule has 0 aromatic heterocycles. The maximum atomic E-state index is 6.00. The van der Waals surface area contributed by atoms with Crippen molar-refractivity contribution < 1.29 is 18.9 Å². The lowest BCUT2D eigenvalue weighted by atomic mass is 9.92. The van der Waals surface area contributed by atoms with Gasteiger partial charge in [-0.1, -0.05) is 24.3 Å². The van der Waals surface area contributed by atoms with E-state index in [9.17, 15) is 0 Å². The lowest BCUT2D eigenvalue weighted by Crippen LogP contribution is -2.42. The van der Waals surface area contributed by atoms with Gasteiger partial charge < -0.3 is 18.9 Å². The van der Waals surface area contributed by atoms with E-state index in [2.05, 4.69) is 30.8 Å². The van der Waals surface area contributed by atoms with Crippen LogP contribution in [0.2, 0.25) is 0 Å². The highest BCUT2D eigenvalue weighted by Gasteiger charge is 2.41. The van der Waals surface area contributed by atoms with Crippen LogP contribution in [0, 0.1) is 5.92 Å². The molecule has 5 heteroatoms. The van der Waals surface area contributed by atoms with Gasteiger partial charge in [-0.25, -0.2) is 0 Å². The van der Waals surface area contributed by atoms with Crippen molar-refractivity contribution >= 4 is 11.8 Å². The van der Waals surface area contributed by atoms with Crippen molar-refractivity contribution in [2.75, 3.05) is 19.2 Å². The van der Waals surface area contributed by atoms with E-state index in [0.29, 0.717) is 13.4 Å². The van der Waals surface area contributed by atoms with Crippen LogP contribution in [0.3, 0.4) is 0 Å². The maximum Gasteiger partial charge on any atom is 0.163 e. The first-order valence-electron chi connectivity index (χ1n) is 8.43. The Balaban J connectivity index is 1.55. The maximum absolute atomic E-state index is 6.00. The van der Waals surface area contributed by atoms with E-state index < -0.39 is 5.79 Å². The fraction of sp³-hybridized carbons (Fsp3) is 0.579. The van der Waals surface area contributed by atoms with Gasteiger partial charge in [0.2, 0.25) is 0 Å². The van der Waals surface area contributed by atoms with E-state index in [1.165, 1.54) is 4.90 Å². The highest BCUT2D eigenvalue weighted by molar-refractivity contribution is 7.99. The zero-order valence-corrected chi connectivity index (χ0v) is 15.2. The summed E-state index contributed by atoms with van der Waals surface area (Å²) in [5.74, 6) is 0.501. The Labute approximate surface area is 148 Å². The van der Waals surface area contributed by atoms with E-state index >= 15 is 0 Å². The molecular formula is C19H26O4S. The Hall–Kier alpha value is -0.850. The minimum Gasteiger partial charge on any atom is -0.351 e. The van der Waals surface area contributed by atoms with E-state index in [-0.39, 0.29) is 24.2 Å². The van der Waals surface area contributed by atoms with Gasteiger partial charge in [0, 0.05) is 23.0 Å². The minimum atomic E-state index is -0.528. The van der Waals surface area contributed by atoms with Crippen molar-refractivity contribution in [3.8, 4) is 0 Å². The van der Waals surface area contributed by atoms with E-state index in [4.69, 9.17) is 18.9 Å². The lowest BCUT2D eigenvalue weighted by molar-refractivity contribution is -0.194. The van der Waals surface area contributed by atoms with Gasteiger partial charge in [0.05, 0.1) is 24.9 Å². The molecule has 1 aromatic carbocycles. The summed E-state index contributed by atoms with van der Waals surface area (Å²) in [5, 5.41) is 0. The summed E-state index contributed by atoms with van der Waals surface area (Å²) >= 11 is 1.82. The van der Waals surface area contributed by atoms with Gasteiger partial charge in [-0.05, 0) is 26.0 Å². The predicted molar refractivity (Wildman–Crippen MR) is 95.0 cm³/mol. The number of hydrogen-bond acceptors (Lipinski definition) is 5. The summed E-state index contributed by atoms with van der Waals surface area (Å²) in [7, 11) is 0. The summed E-state index contributed by atoms with van der Waals surface area (Å²) in [6.45, 7) is 8.77. The standard InChI is InChI=1S/C19H26O4S/c1-4-16(18-11-22-19(2,3)23-18)17-10-14(20-13-21-17)12-24-15-8-6-5-7-9-15/h4-9,14,16-18H,1,10-13H2,2-3H3/t14?,16-,17-,18-/m0/s1. The van der Waals surface area contributed by atoms with E-state index in [0.717, 1.165) is 12.2 Å². The summed E-state index contributed by atoms with van der Waals surface area (Å²) in [5.41, 5.74) is 0. The molecule has 0 bridgehead atoms. The molecule has 132 valence electrons. The molecule has 2 fully saturated rings. The highest BCUT2D eigenvalue weighted by atomic mass is 32.2. The van der Waals surface area contributed by atoms with Crippen molar-refractivity contribution in [3.63, 3.8) is 0 Å². The largest absolute Gasteiger partial charge is 0.351 e. The normalized spacial score (nSPS) is 30.8. The summed E-state index contributed by atoms with van der Waals surface area (Å²) in [6, 6.07) is 10.4. The second-order valence-corrected chi connectivity index (χ2v) is 7.75. The molecule has 4 nitrogen and oxygen atoms in total. The first kappa shape index (κ1) is 18.0. The average molecular weight is 350 g/mol.